The maximum atomic E-state index is 11.9. The molecule has 0 saturated heterocycles. The summed E-state index contributed by atoms with van der Waals surface area (Å²) in [5.41, 5.74) is 3.06. The highest BCUT2D eigenvalue weighted by molar-refractivity contribution is 5.81. The van der Waals surface area contributed by atoms with Gasteiger partial charge in [-0.25, -0.2) is 10.0 Å². The number of likely N-dealkylation sites (N-methyl/N-ethyl adjacent to an activating group) is 1. The van der Waals surface area contributed by atoms with Crippen molar-refractivity contribution in [2.24, 2.45) is 0 Å². The molecule has 1 amide bonds. The van der Waals surface area contributed by atoms with Crippen LogP contribution in [-0.2, 0) is 16.1 Å². The highest BCUT2D eigenvalue weighted by Gasteiger charge is 2.12. The fourth-order valence-electron chi connectivity index (χ4n) is 2.08. The fourth-order valence-corrected chi connectivity index (χ4v) is 2.08. The van der Waals surface area contributed by atoms with E-state index < -0.39 is 0 Å². The van der Waals surface area contributed by atoms with Crippen LogP contribution in [-0.4, -0.2) is 35.1 Å². The van der Waals surface area contributed by atoms with E-state index in [9.17, 15) is 4.79 Å². The molecule has 0 spiro atoms. The molecule has 0 aliphatic heterocycles. The van der Waals surface area contributed by atoms with E-state index in [1.165, 1.54) is 12.2 Å². The molecule has 0 saturated carbocycles. The molecule has 22 heavy (non-hydrogen) atoms. The Labute approximate surface area is 127 Å². The monoisotopic (exact) mass is 297 g/mol. The summed E-state index contributed by atoms with van der Waals surface area (Å²) in [6, 6.07) is 9.23. The molecule has 2 aromatic heterocycles. The van der Waals surface area contributed by atoms with Crippen molar-refractivity contribution in [3.05, 3.63) is 48.3 Å². The van der Waals surface area contributed by atoms with Crippen LogP contribution < -0.4 is 0 Å². The molecule has 112 valence electrons. The molecule has 2 heterocycles. The lowest BCUT2D eigenvalue weighted by molar-refractivity contribution is -0.167. The van der Waals surface area contributed by atoms with Crippen LogP contribution >= 0.6 is 0 Å². The first kappa shape index (κ1) is 14.2. The summed E-state index contributed by atoms with van der Waals surface area (Å²) in [6.07, 6.45) is 3.64. The van der Waals surface area contributed by atoms with Gasteiger partial charge in [-0.15, -0.1) is 0 Å². The van der Waals surface area contributed by atoms with Crippen molar-refractivity contribution in [2.75, 3.05) is 14.2 Å². The first-order valence-electron chi connectivity index (χ1n) is 6.78. The lowest BCUT2D eigenvalue weighted by Crippen LogP contribution is -2.26. The van der Waals surface area contributed by atoms with Gasteiger partial charge in [-0.1, -0.05) is 6.07 Å². The highest BCUT2D eigenvalue weighted by Crippen LogP contribution is 2.24. The molecule has 6 heteroatoms. The summed E-state index contributed by atoms with van der Waals surface area (Å²) < 4.78 is 5.71. The molecule has 0 unspecified atom stereocenters. The maximum Gasteiger partial charge on any atom is 0.250 e. The SMILES string of the molecule is CON(C)C(=O)Cc1ccc2oc(-c3cccnc3)nc2c1. The van der Waals surface area contributed by atoms with Crippen molar-refractivity contribution in [2.45, 2.75) is 6.42 Å². The largest absolute Gasteiger partial charge is 0.436 e. The Morgan fingerprint density at radius 1 is 1.36 bits per heavy atom. The van der Waals surface area contributed by atoms with Gasteiger partial charge in [0.05, 0.1) is 19.1 Å². The van der Waals surface area contributed by atoms with Gasteiger partial charge < -0.3 is 4.42 Å². The summed E-state index contributed by atoms with van der Waals surface area (Å²) >= 11 is 0. The van der Waals surface area contributed by atoms with Crippen LogP contribution in [0.2, 0.25) is 0 Å². The normalized spacial score (nSPS) is 10.8. The van der Waals surface area contributed by atoms with E-state index in [-0.39, 0.29) is 12.3 Å². The zero-order valence-electron chi connectivity index (χ0n) is 12.3. The van der Waals surface area contributed by atoms with Gasteiger partial charge >= 0.3 is 0 Å². The number of hydrogen-bond acceptors (Lipinski definition) is 5. The fraction of sp³-hybridized carbons (Fsp3) is 0.188. The molecular weight excluding hydrogens is 282 g/mol. The van der Waals surface area contributed by atoms with Crippen molar-refractivity contribution < 1.29 is 14.0 Å². The summed E-state index contributed by atoms with van der Waals surface area (Å²) in [7, 11) is 3.04. The van der Waals surface area contributed by atoms with Crippen LogP contribution in [0.4, 0.5) is 0 Å². The van der Waals surface area contributed by atoms with E-state index in [1.54, 1.807) is 19.4 Å². The zero-order valence-corrected chi connectivity index (χ0v) is 12.3. The van der Waals surface area contributed by atoms with Crippen LogP contribution in [0.3, 0.4) is 0 Å². The molecule has 0 radical (unpaired) electrons. The number of fused-ring (bicyclic) bond motifs is 1. The minimum absolute atomic E-state index is 0.127. The molecular formula is C16H15N3O3. The number of amides is 1. The van der Waals surface area contributed by atoms with Gasteiger partial charge in [-0.2, -0.15) is 0 Å². The van der Waals surface area contributed by atoms with Gasteiger partial charge in [0, 0.05) is 19.4 Å². The third kappa shape index (κ3) is 2.82. The number of carbonyl (C=O) groups is 1. The third-order valence-electron chi connectivity index (χ3n) is 3.34. The molecule has 6 nitrogen and oxygen atoms in total. The second-order valence-electron chi connectivity index (χ2n) is 4.81. The Bertz CT molecular complexity index is 799. The second-order valence-corrected chi connectivity index (χ2v) is 4.81. The van der Waals surface area contributed by atoms with Gasteiger partial charge in [0.15, 0.2) is 5.58 Å². The lowest BCUT2D eigenvalue weighted by Gasteiger charge is -2.13. The predicted molar refractivity (Wildman–Crippen MR) is 80.7 cm³/mol. The van der Waals surface area contributed by atoms with Crippen LogP contribution in [0.1, 0.15) is 5.56 Å². The van der Waals surface area contributed by atoms with Crippen LogP contribution in [0.5, 0.6) is 0 Å². The molecule has 0 aliphatic carbocycles. The van der Waals surface area contributed by atoms with Gasteiger partial charge in [-0.05, 0) is 29.8 Å². The van der Waals surface area contributed by atoms with Gasteiger partial charge in [0.1, 0.15) is 5.52 Å². The molecule has 0 fully saturated rings. The van der Waals surface area contributed by atoms with Gasteiger partial charge in [0.25, 0.3) is 0 Å². The standard InChI is InChI=1S/C16H15N3O3/c1-19(21-2)15(20)9-11-5-6-14-13(8-11)18-16(22-14)12-4-3-7-17-10-12/h3-8,10H,9H2,1-2H3. The highest BCUT2D eigenvalue weighted by atomic mass is 16.7. The molecule has 0 atom stereocenters. The third-order valence-corrected chi connectivity index (χ3v) is 3.34. The van der Waals surface area contributed by atoms with Crippen molar-refractivity contribution in [3.8, 4) is 11.5 Å². The number of pyridine rings is 1. The number of nitrogens with zero attached hydrogens (tertiary/aromatic N) is 3. The number of aromatic nitrogens is 2. The van der Waals surface area contributed by atoms with E-state index in [4.69, 9.17) is 9.25 Å². The molecule has 0 N–H and O–H groups in total. The summed E-state index contributed by atoms with van der Waals surface area (Å²) in [4.78, 5) is 25.2. The second kappa shape index (κ2) is 5.95. The van der Waals surface area contributed by atoms with Crippen molar-refractivity contribution in [1.29, 1.82) is 0 Å². The number of hydrogen-bond donors (Lipinski definition) is 0. The van der Waals surface area contributed by atoms with Gasteiger partial charge in [0.2, 0.25) is 11.8 Å². The number of rotatable bonds is 4. The zero-order chi connectivity index (χ0) is 15.5. The summed E-state index contributed by atoms with van der Waals surface area (Å²) in [6.45, 7) is 0. The van der Waals surface area contributed by atoms with E-state index in [2.05, 4.69) is 9.97 Å². The van der Waals surface area contributed by atoms with Crippen molar-refractivity contribution in [1.82, 2.24) is 15.0 Å². The minimum Gasteiger partial charge on any atom is -0.436 e. The van der Waals surface area contributed by atoms with E-state index in [1.807, 2.05) is 30.3 Å². The quantitative estimate of drug-likeness (QED) is 0.692. The average molecular weight is 297 g/mol. The van der Waals surface area contributed by atoms with Crippen LogP contribution in [0.25, 0.3) is 22.6 Å². The Hall–Kier alpha value is -2.73. The average Bonchev–Trinajstić information content (AvgIpc) is 2.98. The molecule has 0 aliphatic rings. The van der Waals surface area contributed by atoms with E-state index in [0.29, 0.717) is 17.0 Å². The maximum absolute atomic E-state index is 11.9. The Kier molecular flexibility index (Phi) is 3.84. The number of oxazole rings is 1. The summed E-state index contributed by atoms with van der Waals surface area (Å²) in [5, 5.41) is 1.20. The first-order chi connectivity index (χ1) is 10.7. The Morgan fingerprint density at radius 3 is 2.95 bits per heavy atom. The number of hydroxylamine groups is 2. The van der Waals surface area contributed by atoms with Crippen LogP contribution in [0, 0.1) is 0 Å². The molecule has 0 bridgehead atoms. The van der Waals surface area contributed by atoms with Gasteiger partial charge in [-0.3, -0.25) is 14.6 Å². The van der Waals surface area contributed by atoms with Crippen molar-refractivity contribution >= 4 is 17.0 Å². The van der Waals surface area contributed by atoms with Crippen molar-refractivity contribution in [3.63, 3.8) is 0 Å². The van der Waals surface area contributed by atoms with E-state index >= 15 is 0 Å². The summed E-state index contributed by atoms with van der Waals surface area (Å²) in [5.74, 6) is 0.387. The Morgan fingerprint density at radius 2 is 2.23 bits per heavy atom. The predicted octanol–water partition coefficient (Wildman–Crippen LogP) is 2.45. The number of carbonyl (C=O) groups excluding carboxylic acids is 1. The molecule has 3 rings (SSSR count). The first-order valence-corrected chi connectivity index (χ1v) is 6.78. The van der Waals surface area contributed by atoms with E-state index in [0.717, 1.165) is 11.1 Å². The Balaban J connectivity index is 1.89. The lowest BCUT2D eigenvalue weighted by atomic mass is 10.1. The molecule has 3 aromatic rings. The minimum atomic E-state index is -0.127. The molecule has 1 aromatic carbocycles. The topological polar surface area (TPSA) is 68.5 Å². The number of benzene rings is 1. The van der Waals surface area contributed by atoms with Crippen LogP contribution in [0.15, 0.2) is 47.1 Å². The smallest absolute Gasteiger partial charge is 0.250 e.